The molecule has 2 aliphatic rings. The van der Waals surface area contributed by atoms with E-state index >= 15 is 0 Å². The Balaban J connectivity index is 2.77. The topological polar surface area (TPSA) is 50.7 Å². The monoisotopic (exact) mass is 437 g/mol. The van der Waals surface area contributed by atoms with Gasteiger partial charge < -0.3 is 4.98 Å². The second-order valence-corrected chi connectivity index (χ2v) is 7.15. The number of hydrogen-bond acceptors (Lipinski definition) is 2. The molecular formula is C29H31N3O. The van der Waals surface area contributed by atoms with Gasteiger partial charge in [0.1, 0.15) is 5.69 Å². The molecule has 4 nitrogen and oxygen atoms in total. The number of aromatic amines is 1. The van der Waals surface area contributed by atoms with Gasteiger partial charge in [0, 0.05) is 19.0 Å². The highest BCUT2D eigenvalue weighted by molar-refractivity contribution is 5.73. The van der Waals surface area contributed by atoms with Gasteiger partial charge in [-0.2, -0.15) is 0 Å². The van der Waals surface area contributed by atoms with Gasteiger partial charge in [-0.3, -0.25) is 9.36 Å². The van der Waals surface area contributed by atoms with Crippen LogP contribution in [0.3, 0.4) is 0 Å². The molecule has 2 heterocycles. The fourth-order valence-electron chi connectivity index (χ4n) is 3.29. The van der Waals surface area contributed by atoms with Crippen LogP contribution in [0, 0.1) is 0 Å². The van der Waals surface area contributed by atoms with Crippen molar-refractivity contribution in [3.8, 4) is 5.82 Å². The van der Waals surface area contributed by atoms with Gasteiger partial charge >= 0.3 is 0 Å². The zero-order valence-electron chi connectivity index (χ0n) is 19.3. The molecule has 0 saturated heterocycles. The molecule has 0 bridgehead atoms. The Morgan fingerprint density at radius 3 is 2.27 bits per heavy atom. The molecule has 0 saturated carbocycles. The van der Waals surface area contributed by atoms with Crippen molar-refractivity contribution in [1.82, 2.24) is 14.5 Å². The smallest absolute Gasteiger partial charge is 0.278 e. The summed E-state index contributed by atoms with van der Waals surface area (Å²) < 4.78 is 1.61. The minimum atomic E-state index is -0.160. The molecule has 168 valence electrons. The highest BCUT2D eigenvalue weighted by atomic mass is 16.1. The first-order chi connectivity index (χ1) is 16.0. The molecule has 2 rings (SSSR count). The summed E-state index contributed by atoms with van der Waals surface area (Å²) in [6.45, 7) is 20.8. The summed E-state index contributed by atoms with van der Waals surface area (Å²) in [4.78, 5) is 21.5. The highest BCUT2D eigenvalue weighted by Gasteiger charge is 2.20. The van der Waals surface area contributed by atoms with Crippen molar-refractivity contribution in [1.29, 1.82) is 0 Å². The van der Waals surface area contributed by atoms with Crippen LogP contribution in [0.25, 0.3) is 11.4 Å². The number of allylic oxidation sites excluding steroid dienone is 15. The van der Waals surface area contributed by atoms with Gasteiger partial charge in [0.05, 0.1) is 11.4 Å². The van der Waals surface area contributed by atoms with E-state index in [4.69, 9.17) is 4.98 Å². The molecule has 2 aliphatic heterocycles. The number of hydrogen-bond donors (Lipinski definition) is 1. The van der Waals surface area contributed by atoms with Crippen molar-refractivity contribution in [2.75, 3.05) is 0 Å². The summed E-state index contributed by atoms with van der Waals surface area (Å²) in [5.74, 6) is 0.595. The number of nitrogens with zero attached hydrogens (tertiary/aromatic N) is 2. The molecule has 0 aromatic heterocycles. The molecule has 0 amide bonds. The Labute approximate surface area is 196 Å². The Morgan fingerprint density at radius 1 is 0.970 bits per heavy atom. The number of aromatic nitrogens is 3. The fourth-order valence-corrected chi connectivity index (χ4v) is 3.29. The van der Waals surface area contributed by atoms with Crippen molar-refractivity contribution in [2.45, 2.75) is 19.8 Å². The maximum absolute atomic E-state index is 13.3. The lowest BCUT2D eigenvalue weighted by Crippen LogP contribution is -2.18. The molecule has 33 heavy (non-hydrogen) atoms. The first-order valence-electron chi connectivity index (χ1n) is 10.7. The molecule has 1 N–H and O–H groups in total. The van der Waals surface area contributed by atoms with Gasteiger partial charge in [0.15, 0.2) is 5.82 Å². The first-order valence-corrected chi connectivity index (χ1v) is 10.7. The average Bonchev–Trinajstić information content (AvgIpc) is 3.14. The molecule has 0 radical (unpaired) electrons. The van der Waals surface area contributed by atoms with Gasteiger partial charge in [-0.25, -0.2) is 4.98 Å². The Hall–Kier alpha value is -4.18. The maximum Gasteiger partial charge on any atom is 0.278 e. The van der Waals surface area contributed by atoms with E-state index in [0.717, 1.165) is 28.1 Å². The van der Waals surface area contributed by atoms with Crippen LogP contribution in [-0.4, -0.2) is 14.5 Å². The number of fused-ring (bicyclic) bond motifs is 1. The predicted molar refractivity (Wildman–Crippen MR) is 142 cm³/mol. The van der Waals surface area contributed by atoms with Crippen LogP contribution in [-0.2, 0) is 12.8 Å². The molecule has 0 spiro atoms. The van der Waals surface area contributed by atoms with E-state index in [0.29, 0.717) is 24.4 Å². The van der Waals surface area contributed by atoms with E-state index in [1.54, 1.807) is 41.1 Å². The summed E-state index contributed by atoms with van der Waals surface area (Å²) >= 11 is 0. The third kappa shape index (κ3) is 6.40. The zero-order valence-corrected chi connectivity index (χ0v) is 19.3. The minimum absolute atomic E-state index is 0.160. The second kappa shape index (κ2) is 12.6. The van der Waals surface area contributed by atoms with E-state index < -0.39 is 0 Å². The number of H-pyrrole nitrogens is 1. The third-order valence-corrected chi connectivity index (χ3v) is 4.93. The van der Waals surface area contributed by atoms with E-state index in [2.05, 4.69) is 37.9 Å². The molecule has 0 atom stereocenters. The lowest BCUT2D eigenvalue weighted by Gasteiger charge is -2.14. The van der Waals surface area contributed by atoms with Crippen molar-refractivity contribution in [2.24, 2.45) is 0 Å². The van der Waals surface area contributed by atoms with Crippen LogP contribution < -0.4 is 5.56 Å². The molecule has 0 aromatic carbocycles. The predicted octanol–water partition coefficient (Wildman–Crippen LogP) is 6.38. The Kier molecular flexibility index (Phi) is 9.59. The lowest BCUT2D eigenvalue weighted by molar-refractivity contribution is 0.900. The molecule has 0 aliphatic carbocycles. The summed E-state index contributed by atoms with van der Waals surface area (Å²) in [5, 5.41) is 0. The van der Waals surface area contributed by atoms with Crippen molar-refractivity contribution in [3.63, 3.8) is 0 Å². The third-order valence-electron chi connectivity index (χ3n) is 4.93. The average molecular weight is 438 g/mol. The first kappa shape index (κ1) is 25.1. The van der Waals surface area contributed by atoms with Gasteiger partial charge in [-0.05, 0) is 23.6 Å². The highest BCUT2D eigenvalue weighted by Crippen LogP contribution is 2.23. The minimum Gasteiger partial charge on any atom is -0.354 e. The second-order valence-electron chi connectivity index (χ2n) is 7.15. The number of rotatable bonds is 12. The van der Waals surface area contributed by atoms with Gasteiger partial charge in [0.2, 0.25) is 0 Å². The van der Waals surface area contributed by atoms with Gasteiger partial charge in [0.25, 0.3) is 5.56 Å². The fraction of sp³-hybridized carbons (Fsp3) is 0.103. The molecule has 0 unspecified atom stereocenters. The van der Waals surface area contributed by atoms with E-state index in [9.17, 15) is 4.79 Å². The lowest BCUT2D eigenvalue weighted by atomic mass is 10.1. The van der Waals surface area contributed by atoms with E-state index in [1.165, 1.54) is 0 Å². The Bertz CT molecular complexity index is 1220. The standard InChI is InChI=1S/C29H31N3O/c1-7-13-17-23(12-6)19-25-28-31-26(20-22(11-5)15-9-3)29(33)32(28)21-27(30-25)24(16-10-4)18-14-8-2/h7-18,21,30H,1-5,19-20H2,6H3/b17-13-,18-14-,22-15+,23-12+,24-16+. The molecule has 0 fully saturated rings. The van der Waals surface area contributed by atoms with Crippen molar-refractivity contribution in [3.05, 3.63) is 151 Å². The van der Waals surface area contributed by atoms with Crippen LogP contribution in [0.1, 0.15) is 24.0 Å². The largest absolute Gasteiger partial charge is 0.354 e. The summed E-state index contributed by atoms with van der Waals surface area (Å²) in [7, 11) is 0. The SMILES string of the molecule is C=C/C=C\C(=C/C)Cc1[nH]c(C(/C=C\C=C)=C/C=C)cn2c(=O)c(C/C(C=C)=C/C=C)nc1-2. The summed E-state index contributed by atoms with van der Waals surface area (Å²) in [6.07, 6.45) is 24.6. The molecule has 4 heteroatoms. The van der Waals surface area contributed by atoms with Crippen LogP contribution in [0.2, 0.25) is 0 Å². The zero-order chi connectivity index (χ0) is 24.2. The maximum atomic E-state index is 13.3. The molecular weight excluding hydrogens is 406 g/mol. The van der Waals surface area contributed by atoms with E-state index in [-0.39, 0.29) is 5.56 Å². The quantitative estimate of drug-likeness (QED) is 0.392. The normalized spacial score (nSPS) is 13.1. The van der Waals surface area contributed by atoms with Crippen molar-refractivity contribution >= 4 is 5.57 Å². The van der Waals surface area contributed by atoms with Crippen LogP contribution in [0.15, 0.2) is 128 Å². The van der Waals surface area contributed by atoms with Gasteiger partial charge in [-0.1, -0.05) is 106 Å². The molecule has 0 aromatic rings. The van der Waals surface area contributed by atoms with Crippen LogP contribution in [0.5, 0.6) is 0 Å². The van der Waals surface area contributed by atoms with E-state index in [1.807, 2.05) is 49.5 Å². The number of nitrogens with one attached hydrogen (secondary N) is 1. The van der Waals surface area contributed by atoms with Gasteiger partial charge in [-0.15, -0.1) is 0 Å². The van der Waals surface area contributed by atoms with Crippen LogP contribution in [0.4, 0.5) is 0 Å². The number of imidazole rings is 1. The summed E-state index contributed by atoms with van der Waals surface area (Å²) in [6, 6.07) is 0. The summed E-state index contributed by atoms with van der Waals surface area (Å²) in [5.41, 5.74) is 4.70. The van der Waals surface area contributed by atoms with Crippen molar-refractivity contribution < 1.29 is 0 Å². The Morgan fingerprint density at radius 2 is 1.67 bits per heavy atom. The van der Waals surface area contributed by atoms with Crippen LogP contribution >= 0.6 is 0 Å².